The zero-order chi connectivity index (χ0) is 12.4. The highest BCUT2D eigenvalue weighted by atomic mass is 16.5. The summed E-state index contributed by atoms with van der Waals surface area (Å²) in [7, 11) is 1.97. The van der Waals surface area contributed by atoms with Crippen LogP contribution in [-0.4, -0.2) is 35.4 Å². The summed E-state index contributed by atoms with van der Waals surface area (Å²) in [5.41, 5.74) is 2.25. The van der Waals surface area contributed by atoms with Gasteiger partial charge < -0.3 is 14.6 Å². The van der Waals surface area contributed by atoms with E-state index >= 15 is 0 Å². The topological polar surface area (TPSA) is 39.1 Å². The third-order valence-corrected chi connectivity index (χ3v) is 3.56. The van der Waals surface area contributed by atoms with Crippen molar-refractivity contribution in [3.63, 3.8) is 0 Å². The summed E-state index contributed by atoms with van der Waals surface area (Å²) in [6.45, 7) is 1.85. The number of hydrogen-bond acceptors (Lipinski definition) is 3. The highest BCUT2D eigenvalue weighted by Gasteiger charge is 2.25. The number of ether oxygens (including phenoxy) is 1. The molecule has 1 saturated heterocycles. The Morgan fingerprint density at radius 1 is 1.33 bits per heavy atom. The fourth-order valence-corrected chi connectivity index (χ4v) is 2.67. The Morgan fingerprint density at radius 2 is 2.17 bits per heavy atom. The molecule has 0 radical (unpaired) electrons. The second kappa shape index (κ2) is 5.08. The van der Waals surface area contributed by atoms with Gasteiger partial charge in [-0.25, -0.2) is 4.98 Å². The molecule has 0 saturated carbocycles. The van der Waals surface area contributed by atoms with Crippen molar-refractivity contribution in [1.82, 2.24) is 14.9 Å². The normalized spacial score (nSPS) is 23.8. The van der Waals surface area contributed by atoms with Crippen LogP contribution in [0.3, 0.4) is 0 Å². The fraction of sp³-hybridized carbons (Fsp3) is 0.500. The van der Waals surface area contributed by atoms with Gasteiger partial charge in [-0.1, -0.05) is 12.1 Å². The minimum absolute atomic E-state index is 0.320. The lowest BCUT2D eigenvalue weighted by Crippen LogP contribution is -2.25. The molecule has 1 aliphatic rings. The van der Waals surface area contributed by atoms with Crippen LogP contribution < -0.4 is 5.32 Å². The second-order valence-electron chi connectivity index (χ2n) is 4.90. The van der Waals surface area contributed by atoms with Crippen molar-refractivity contribution >= 4 is 11.0 Å². The Bertz CT molecular complexity index is 522. The number of fused-ring (bicyclic) bond motifs is 1. The van der Waals surface area contributed by atoms with E-state index in [0.717, 1.165) is 31.4 Å². The van der Waals surface area contributed by atoms with Crippen LogP contribution in [-0.2, 0) is 11.3 Å². The van der Waals surface area contributed by atoms with Crippen LogP contribution in [0.1, 0.15) is 12.8 Å². The van der Waals surface area contributed by atoms with Crippen LogP contribution in [0.5, 0.6) is 0 Å². The number of nitrogens with zero attached hydrogens (tertiary/aromatic N) is 2. The number of nitrogens with one attached hydrogen (secondary N) is 1. The van der Waals surface area contributed by atoms with Gasteiger partial charge in [-0.3, -0.25) is 0 Å². The summed E-state index contributed by atoms with van der Waals surface area (Å²) in [6, 6.07) is 8.24. The first kappa shape index (κ1) is 11.7. The molecule has 0 spiro atoms. The molecular weight excluding hydrogens is 226 g/mol. The summed E-state index contributed by atoms with van der Waals surface area (Å²) in [6.07, 6.45) is 4.90. The zero-order valence-electron chi connectivity index (χ0n) is 10.7. The van der Waals surface area contributed by atoms with E-state index in [1.807, 2.05) is 25.5 Å². The predicted molar refractivity (Wildman–Crippen MR) is 71.6 cm³/mol. The molecule has 1 aromatic heterocycles. The van der Waals surface area contributed by atoms with Crippen LogP contribution in [0.25, 0.3) is 11.0 Å². The van der Waals surface area contributed by atoms with Crippen molar-refractivity contribution in [3.8, 4) is 0 Å². The van der Waals surface area contributed by atoms with E-state index in [1.165, 1.54) is 5.52 Å². The lowest BCUT2D eigenvalue weighted by atomic mass is 10.2. The lowest BCUT2D eigenvalue weighted by Gasteiger charge is -2.14. The summed E-state index contributed by atoms with van der Waals surface area (Å²) in [4.78, 5) is 4.41. The largest absolute Gasteiger partial charge is 0.372 e. The van der Waals surface area contributed by atoms with Gasteiger partial charge in [0.25, 0.3) is 0 Å². The van der Waals surface area contributed by atoms with Crippen LogP contribution in [0.2, 0.25) is 0 Å². The van der Waals surface area contributed by atoms with E-state index in [9.17, 15) is 0 Å². The third-order valence-electron chi connectivity index (χ3n) is 3.56. The number of imidazole rings is 1. The fourth-order valence-electron chi connectivity index (χ4n) is 2.67. The summed E-state index contributed by atoms with van der Waals surface area (Å²) < 4.78 is 8.21. The van der Waals surface area contributed by atoms with Gasteiger partial charge >= 0.3 is 0 Å². The van der Waals surface area contributed by atoms with E-state index in [4.69, 9.17) is 4.74 Å². The number of hydrogen-bond donors (Lipinski definition) is 1. The minimum Gasteiger partial charge on any atom is -0.372 e. The molecule has 2 aromatic rings. The van der Waals surface area contributed by atoms with Gasteiger partial charge in [0.15, 0.2) is 0 Å². The Labute approximate surface area is 107 Å². The van der Waals surface area contributed by atoms with Gasteiger partial charge in [-0.2, -0.15) is 0 Å². The molecule has 0 amide bonds. The minimum atomic E-state index is 0.320. The van der Waals surface area contributed by atoms with E-state index < -0.39 is 0 Å². The number of para-hydroxylation sites is 2. The second-order valence-corrected chi connectivity index (χ2v) is 4.90. The van der Waals surface area contributed by atoms with Crippen LogP contribution in [0.15, 0.2) is 30.6 Å². The lowest BCUT2D eigenvalue weighted by molar-refractivity contribution is 0.0377. The molecule has 4 heteroatoms. The average molecular weight is 245 g/mol. The molecule has 2 atom stereocenters. The third kappa shape index (κ3) is 2.26. The number of likely N-dealkylation sites (N-methyl/N-ethyl adjacent to an activating group) is 1. The highest BCUT2D eigenvalue weighted by molar-refractivity contribution is 5.74. The molecule has 1 aliphatic heterocycles. The predicted octanol–water partition coefficient (Wildman–Crippen LogP) is 1.80. The summed E-state index contributed by atoms with van der Waals surface area (Å²) >= 11 is 0. The maximum Gasteiger partial charge on any atom is 0.0959 e. The maximum absolute atomic E-state index is 6.01. The Morgan fingerprint density at radius 3 is 3.06 bits per heavy atom. The molecule has 1 fully saturated rings. The van der Waals surface area contributed by atoms with Crippen molar-refractivity contribution in [3.05, 3.63) is 30.6 Å². The van der Waals surface area contributed by atoms with Crippen molar-refractivity contribution in [2.24, 2.45) is 0 Å². The molecule has 2 unspecified atom stereocenters. The number of aromatic nitrogens is 2. The van der Waals surface area contributed by atoms with Crippen molar-refractivity contribution < 1.29 is 4.74 Å². The molecule has 2 heterocycles. The Balaban J connectivity index is 1.70. The van der Waals surface area contributed by atoms with Crippen molar-refractivity contribution in [2.45, 2.75) is 31.6 Å². The molecule has 4 nitrogen and oxygen atoms in total. The molecule has 96 valence electrons. The van der Waals surface area contributed by atoms with Gasteiger partial charge in [-0.15, -0.1) is 0 Å². The first-order chi connectivity index (χ1) is 8.86. The van der Waals surface area contributed by atoms with Gasteiger partial charge in [-0.05, 0) is 32.0 Å². The van der Waals surface area contributed by atoms with E-state index in [1.54, 1.807) is 0 Å². The van der Waals surface area contributed by atoms with E-state index in [0.29, 0.717) is 12.2 Å². The van der Waals surface area contributed by atoms with Gasteiger partial charge in [0.2, 0.25) is 0 Å². The van der Waals surface area contributed by atoms with Crippen molar-refractivity contribution in [2.75, 3.05) is 13.6 Å². The Hall–Kier alpha value is -1.39. The number of benzene rings is 1. The summed E-state index contributed by atoms with van der Waals surface area (Å²) in [5.74, 6) is 0. The highest BCUT2D eigenvalue weighted by Crippen LogP contribution is 2.22. The molecule has 0 aliphatic carbocycles. The molecule has 0 bridgehead atoms. The molecule has 1 N–H and O–H groups in total. The molecular formula is C14H19N3O. The van der Waals surface area contributed by atoms with Crippen LogP contribution in [0.4, 0.5) is 0 Å². The molecule has 1 aromatic carbocycles. The maximum atomic E-state index is 6.01. The molecule has 18 heavy (non-hydrogen) atoms. The number of rotatable bonds is 4. The SMILES string of the molecule is CNCC1CCC(Cn2cnc3ccccc32)O1. The molecule has 3 rings (SSSR count). The van der Waals surface area contributed by atoms with Gasteiger partial charge in [0.05, 0.1) is 36.1 Å². The van der Waals surface area contributed by atoms with Crippen molar-refractivity contribution in [1.29, 1.82) is 0 Å². The van der Waals surface area contributed by atoms with E-state index in [2.05, 4.69) is 27.0 Å². The van der Waals surface area contributed by atoms with Crippen LogP contribution >= 0.6 is 0 Å². The summed E-state index contributed by atoms with van der Waals surface area (Å²) in [5, 5.41) is 3.17. The first-order valence-corrected chi connectivity index (χ1v) is 6.57. The standard InChI is InChI=1S/C14H19N3O/c1-15-8-11-6-7-12(18-11)9-17-10-16-13-4-2-3-5-14(13)17/h2-5,10-12,15H,6-9H2,1H3. The van der Waals surface area contributed by atoms with Gasteiger partial charge in [0, 0.05) is 6.54 Å². The van der Waals surface area contributed by atoms with Crippen LogP contribution in [0, 0.1) is 0 Å². The quantitative estimate of drug-likeness (QED) is 0.892. The monoisotopic (exact) mass is 245 g/mol. The smallest absolute Gasteiger partial charge is 0.0959 e. The van der Waals surface area contributed by atoms with E-state index in [-0.39, 0.29) is 0 Å². The Kier molecular flexibility index (Phi) is 3.30. The first-order valence-electron chi connectivity index (χ1n) is 6.57. The van der Waals surface area contributed by atoms with Gasteiger partial charge in [0.1, 0.15) is 0 Å². The average Bonchev–Trinajstić information content (AvgIpc) is 2.99. The zero-order valence-corrected chi connectivity index (χ0v) is 10.7.